The minimum absolute atomic E-state index is 0.0509. The Morgan fingerprint density at radius 1 is 0.920 bits per heavy atom. The van der Waals surface area contributed by atoms with Gasteiger partial charge in [0, 0.05) is 44.7 Å². The maximum absolute atomic E-state index is 13.0. The molecule has 3 aliphatic rings. The molecule has 3 aromatic rings. The summed E-state index contributed by atoms with van der Waals surface area (Å²) < 4.78 is 63.1. The summed E-state index contributed by atoms with van der Waals surface area (Å²) >= 11 is 0. The molecule has 4 atom stereocenters. The van der Waals surface area contributed by atoms with Crippen LogP contribution in [0.2, 0.25) is 0 Å². The Morgan fingerprint density at radius 2 is 1.58 bits per heavy atom. The number of halogens is 3. The van der Waals surface area contributed by atoms with Gasteiger partial charge in [0.2, 0.25) is 5.91 Å². The lowest BCUT2D eigenvalue weighted by molar-refractivity contribution is -0.253. The third-order valence-electron chi connectivity index (χ3n) is 9.65. The van der Waals surface area contributed by atoms with Crippen molar-refractivity contribution in [3.63, 3.8) is 0 Å². The molecule has 6 rings (SSSR count). The van der Waals surface area contributed by atoms with E-state index >= 15 is 0 Å². The topological polar surface area (TPSA) is 110 Å². The van der Waals surface area contributed by atoms with E-state index in [-0.39, 0.29) is 38.3 Å². The molecular weight excluding hydrogens is 655 g/mol. The number of aliphatic hydroxyl groups is 1. The average molecular weight is 698 g/mol. The van der Waals surface area contributed by atoms with Crippen LogP contribution in [0.15, 0.2) is 60.7 Å². The number of amides is 2. The third kappa shape index (κ3) is 8.07. The molecule has 3 heterocycles. The van der Waals surface area contributed by atoms with Crippen LogP contribution < -0.4 is 14.8 Å². The van der Waals surface area contributed by atoms with Gasteiger partial charge < -0.3 is 34.3 Å². The van der Waals surface area contributed by atoms with E-state index in [1.165, 1.54) is 11.1 Å². The maximum Gasteiger partial charge on any atom is 0.471 e. The van der Waals surface area contributed by atoms with Crippen LogP contribution in [0.4, 0.5) is 13.2 Å². The third-order valence-corrected chi connectivity index (χ3v) is 9.65. The second-order valence-corrected chi connectivity index (χ2v) is 12.9. The summed E-state index contributed by atoms with van der Waals surface area (Å²) in [4.78, 5) is 27.5. The van der Waals surface area contributed by atoms with E-state index in [0.29, 0.717) is 30.0 Å². The highest BCUT2D eigenvalue weighted by molar-refractivity contribution is 5.90. The number of nitrogens with one attached hydrogen (secondary N) is 1. The zero-order chi connectivity index (χ0) is 35.4. The number of carbonyl (C=O) groups is 2. The van der Waals surface area contributed by atoms with E-state index in [1.807, 2.05) is 60.7 Å². The molecule has 0 spiro atoms. The number of nitrogens with zero attached hydrogens (tertiary/aromatic N) is 2. The van der Waals surface area contributed by atoms with Crippen LogP contribution in [0.25, 0.3) is 0 Å². The van der Waals surface area contributed by atoms with Crippen molar-refractivity contribution in [2.24, 2.45) is 0 Å². The van der Waals surface area contributed by atoms with Crippen LogP contribution in [0.3, 0.4) is 0 Å². The Bertz CT molecular complexity index is 1650. The highest BCUT2D eigenvalue weighted by Crippen LogP contribution is 2.39. The number of aliphatic hydroxyl groups excluding tert-OH is 1. The van der Waals surface area contributed by atoms with E-state index in [4.69, 9.17) is 18.9 Å². The van der Waals surface area contributed by atoms with Crippen molar-refractivity contribution in [1.82, 2.24) is 15.1 Å². The minimum Gasteiger partial charge on any atom is -0.493 e. The number of hydrogen-bond donors (Lipinski definition) is 2. The van der Waals surface area contributed by atoms with E-state index in [1.54, 1.807) is 14.2 Å². The summed E-state index contributed by atoms with van der Waals surface area (Å²) in [5.74, 6) is -1.18. The SMILES string of the molecule is COc1cc2c(cc1OC)CN(C[C@H]1C[C@@H](c3ccc(CO)cc3)O[C@@H](c3ccc(CNC(=O)[C@@H]4CCCN4C(=O)C(F)(F)F)cc3)O1)CC2. The molecule has 10 nitrogen and oxygen atoms in total. The van der Waals surface area contributed by atoms with Crippen LogP contribution in [0.5, 0.6) is 11.5 Å². The summed E-state index contributed by atoms with van der Waals surface area (Å²) in [5.41, 5.74) is 5.72. The predicted octanol–water partition coefficient (Wildman–Crippen LogP) is 4.97. The van der Waals surface area contributed by atoms with Crippen LogP contribution >= 0.6 is 0 Å². The van der Waals surface area contributed by atoms with Crippen LogP contribution in [0.1, 0.15) is 65.0 Å². The first-order valence-corrected chi connectivity index (χ1v) is 16.8. The lowest BCUT2D eigenvalue weighted by Crippen LogP contribution is -2.50. The van der Waals surface area contributed by atoms with Gasteiger partial charge in [0.25, 0.3) is 0 Å². The highest BCUT2D eigenvalue weighted by Gasteiger charge is 2.47. The number of ether oxygens (including phenoxy) is 4. The molecule has 0 radical (unpaired) electrons. The first-order chi connectivity index (χ1) is 24.1. The second-order valence-electron chi connectivity index (χ2n) is 12.9. The molecule has 0 saturated carbocycles. The number of fused-ring (bicyclic) bond motifs is 1. The number of rotatable bonds is 10. The van der Waals surface area contributed by atoms with Gasteiger partial charge in [0.1, 0.15) is 6.04 Å². The summed E-state index contributed by atoms with van der Waals surface area (Å²) in [7, 11) is 3.27. The molecule has 3 aromatic carbocycles. The van der Waals surface area contributed by atoms with Crippen LogP contribution in [-0.4, -0.2) is 78.9 Å². The first-order valence-electron chi connectivity index (χ1n) is 16.8. The monoisotopic (exact) mass is 697 g/mol. The number of methoxy groups -OCH3 is 2. The molecular formula is C37H42F3N3O7. The summed E-state index contributed by atoms with van der Waals surface area (Å²) in [6, 6.07) is 18.0. The average Bonchev–Trinajstić information content (AvgIpc) is 3.62. The van der Waals surface area contributed by atoms with Gasteiger partial charge in [-0.25, -0.2) is 0 Å². The van der Waals surface area contributed by atoms with Gasteiger partial charge in [0.05, 0.1) is 33.0 Å². The molecule has 0 bridgehead atoms. The van der Waals surface area contributed by atoms with Crippen molar-refractivity contribution in [1.29, 1.82) is 0 Å². The van der Waals surface area contributed by atoms with Gasteiger partial charge in [0.15, 0.2) is 17.8 Å². The van der Waals surface area contributed by atoms with Crippen molar-refractivity contribution in [2.75, 3.05) is 33.9 Å². The molecule has 268 valence electrons. The van der Waals surface area contributed by atoms with Crippen molar-refractivity contribution in [3.05, 3.63) is 94.0 Å². The Morgan fingerprint density at radius 3 is 2.24 bits per heavy atom. The molecule has 2 fully saturated rings. The molecule has 0 unspecified atom stereocenters. The standard InChI is InChI=1S/C37H42F3N3O7/c1-47-32-16-27-13-15-42(20-28(27)17-33(32)48-2)21-29-18-31(25-9-7-24(22-44)8-10-25)50-35(49-29)26-11-5-23(6-12-26)19-41-34(45)30-4-3-14-43(30)36(46)37(38,39)40/h5-12,16-17,29-31,35,44H,3-4,13-15,18-22H2,1-2H3,(H,41,45)/t29-,30+,31+,35+/m1/s1. The number of benzene rings is 3. The van der Waals surface area contributed by atoms with Crippen molar-refractivity contribution >= 4 is 11.8 Å². The fourth-order valence-corrected chi connectivity index (χ4v) is 6.96. The van der Waals surface area contributed by atoms with Gasteiger partial charge in [-0.1, -0.05) is 48.5 Å². The van der Waals surface area contributed by atoms with E-state index in [9.17, 15) is 27.9 Å². The number of hydrogen-bond acceptors (Lipinski definition) is 8. The zero-order valence-electron chi connectivity index (χ0n) is 28.1. The second kappa shape index (κ2) is 15.4. The molecule has 0 aliphatic carbocycles. The van der Waals surface area contributed by atoms with Gasteiger partial charge in [-0.3, -0.25) is 14.5 Å². The fourth-order valence-electron chi connectivity index (χ4n) is 6.96. The van der Waals surface area contributed by atoms with Crippen LogP contribution in [0, 0.1) is 0 Å². The number of likely N-dealkylation sites (tertiary alicyclic amines) is 1. The highest BCUT2D eigenvalue weighted by atomic mass is 19.4. The molecule has 2 saturated heterocycles. The largest absolute Gasteiger partial charge is 0.493 e. The normalized spacial score (nSPS) is 22.6. The molecule has 50 heavy (non-hydrogen) atoms. The predicted molar refractivity (Wildman–Crippen MR) is 176 cm³/mol. The Balaban J connectivity index is 1.13. The first kappa shape index (κ1) is 35.6. The van der Waals surface area contributed by atoms with Crippen molar-refractivity contribution in [3.8, 4) is 11.5 Å². The number of carbonyl (C=O) groups excluding carboxylic acids is 2. The molecule has 0 aromatic heterocycles. The Hall–Kier alpha value is -4.17. The van der Waals surface area contributed by atoms with Crippen molar-refractivity contribution < 1.29 is 46.8 Å². The Labute approximate surface area is 289 Å². The zero-order valence-corrected chi connectivity index (χ0v) is 28.1. The summed E-state index contributed by atoms with van der Waals surface area (Å²) in [6.45, 7) is 2.21. The Kier molecular flexibility index (Phi) is 11.0. The fraction of sp³-hybridized carbons (Fsp3) is 0.459. The minimum atomic E-state index is -5.02. The van der Waals surface area contributed by atoms with E-state index in [2.05, 4.69) is 10.2 Å². The maximum atomic E-state index is 13.0. The van der Waals surface area contributed by atoms with Gasteiger partial charge >= 0.3 is 12.1 Å². The van der Waals surface area contributed by atoms with Gasteiger partial charge in [-0.15, -0.1) is 0 Å². The molecule has 3 aliphatic heterocycles. The lowest BCUT2D eigenvalue weighted by Gasteiger charge is -2.39. The lowest BCUT2D eigenvalue weighted by atomic mass is 9.97. The van der Waals surface area contributed by atoms with Gasteiger partial charge in [-0.05, 0) is 59.2 Å². The molecule has 2 N–H and O–H groups in total. The molecule has 2 amide bonds. The van der Waals surface area contributed by atoms with E-state index in [0.717, 1.165) is 47.5 Å². The molecule has 13 heteroatoms. The smallest absolute Gasteiger partial charge is 0.471 e. The van der Waals surface area contributed by atoms with Gasteiger partial charge in [-0.2, -0.15) is 13.2 Å². The summed E-state index contributed by atoms with van der Waals surface area (Å²) in [6.07, 6.45) is -4.12. The quantitative estimate of drug-likeness (QED) is 0.306. The van der Waals surface area contributed by atoms with Crippen LogP contribution in [-0.2, 0) is 45.2 Å². The number of alkyl halides is 3. The van der Waals surface area contributed by atoms with E-state index < -0.39 is 30.3 Å². The van der Waals surface area contributed by atoms with Crippen molar-refractivity contribution in [2.45, 2.75) is 76.1 Å². The summed E-state index contributed by atoms with van der Waals surface area (Å²) in [5, 5.41) is 12.2.